The minimum Gasteiger partial charge on any atom is -0.497 e. The molecule has 0 spiro atoms. The fraction of sp³-hybridized carbons (Fsp3) is 0.379. The van der Waals surface area contributed by atoms with Gasteiger partial charge in [0.25, 0.3) is 0 Å². The Labute approximate surface area is 225 Å². The predicted molar refractivity (Wildman–Crippen MR) is 149 cm³/mol. The molecule has 3 aromatic carbocycles. The molecule has 1 N–H and O–H groups in total. The fourth-order valence-corrected chi connectivity index (χ4v) is 5.30. The largest absolute Gasteiger partial charge is 0.497 e. The number of fused-ring (bicyclic) bond motifs is 1. The summed E-state index contributed by atoms with van der Waals surface area (Å²) < 4.78 is 33.0. The van der Waals surface area contributed by atoms with Gasteiger partial charge in [-0.15, -0.1) is 0 Å². The number of methoxy groups -OCH3 is 1. The van der Waals surface area contributed by atoms with Crippen molar-refractivity contribution in [2.24, 2.45) is 5.92 Å². The molecule has 0 heterocycles. The second kappa shape index (κ2) is 12.9. The molecule has 8 nitrogen and oxygen atoms in total. The molecule has 204 valence electrons. The molecule has 0 aliphatic heterocycles. The molecule has 0 radical (unpaired) electrons. The van der Waals surface area contributed by atoms with Crippen molar-refractivity contribution < 1.29 is 22.7 Å². The Bertz CT molecular complexity index is 1360. The summed E-state index contributed by atoms with van der Waals surface area (Å²) in [4.78, 5) is 28.3. The molecule has 0 unspecified atom stereocenters. The van der Waals surface area contributed by atoms with E-state index < -0.39 is 28.5 Å². The maximum Gasteiger partial charge on any atom is 0.243 e. The molecule has 0 aromatic heterocycles. The summed E-state index contributed by atoms with van der Waals surface area (Å²) >= 11 is 0. The number of carbonyl (C=O) groups excluding carboxylic acids is 2. The van der Waals surface area contributed by atoms with Crippen LogP contribution in [0.4, 0.5) is 0 Å². The Morgan fingerprint density at radius 3 is 2.24 bits per heavy atom. The van der Waals surface area contributed by atoms with Crippen LogP contribution in [0.15, 0.2) is 71.6 Å². The summed E-state index contributed by atoms with van der Waals surface area (Å²) in [5.41, 5.74) is 0.800. The highest BCUT2D eigenvalue weighted by molar-refractivity contribution is 7.89. The monoisotopic (exact) mass is 539 g/mol. The number of ether oxygens (including phenoxy) is 1. The number of hydrogen-bond donors (Lipinski definition) is 1. The number of benzene rings is 3. The van der Waals surface area contributed by atoms with Crippen molar-refractivity contribution in [3.8, 4) is 5.75 Å². The molecule has 9 heteroatoms. The van der Waals surface area contributed by atoms with E-state index >= 15 is 0 Å². The third-order valence-corrected chi connectivity index (χ3v) is 8.17. The van der Waals surface area contributed by atoms with E-state index in [9.17, 15) is 18.0 Å². The van der Waals surface area contributed by atoms with Crippen LogP contribution >= 0.6 is 0 Å². The van der Waals surface area contributed by atoms with Gasteiger partial charge in [-0.3, -0.25) is 9.59 Å². The second-order valence-electron chi connectivity index (χ2n) is 9.70. The Hall–Kier alpha value is -3.43. The van der Waals surface area contributed by atoms with E-state index in [1.165, 1.54) is 11.9 Å². The molecule has 3 rings (SSSR count). The van der Waals surface area contributed by atoms with Gasteiger partial charge < -0.3 is 15.0 Å². The molecule has 0 bridgehead atoms. The molecule has 0 fully saturated rings. The van der Waals surface area contributed by atoms with Crippen LogP contribution in [0.5, 0.6) is 5.75 Å². The lowest BCUT2D eigenvalue weighted by Gasteiger charge is -2.32. The van der Waals surface area contributed by atoms with Crippen LogP contribution in [-0.4, -0.2) is 62.7 Å². The number of sulfonamides is 1. The quantitative estimate of drug-likeness (QED) is 0.375. The number of hydrogen-bond acceptors (Lipinski definition) is 5. The Morgan fingerprint density at radius 1 is 0.974 bits per heavy atom. The lowest BCUT2D eigenvalue weighted by atomic mass is 10.1. The first-order valence-corrected chi connectivity index (χ1v) is 14.2. The minimum atomic E-state index is -3.95. The van der Waals surface area contributed by atoms with E-state index in [1.54, 1.807) is 37.4 Å². The Kier molecular flexibility index (Phi) is 9.88. The zero-order valence-electron chi connectivity index (χ0n) is 22.7. The standard InChI is InChI=1S/C29H37N3O5S/c1-6-27(29(34)30-18-21(2)3)32(19-22-11-14-25(37-5)15-12-22)28(33)20-31(4)38(35,36)26-16-13-23-9-7-8-10-24(23)17-26/h7-17,21,27H,6,18-20H2,1-5H3,(H,30,34)/t27-/m1/s1. The summed E-state index contributed by atoms with van der Waals surface area (Å²) in [6.07, 6.45) is 0.382. The highest BCUT2D eigenvalue weighted by Gasteiger charge is 2.32. The fourth-order valence-electron chi connectivity index (χ4n) is 4.14. The number of amides is 2. The first-order valence-electron chi connectivity index (χ1n) is 12.7. The van der Waals surface area contributed by atoms with Crippen molar-refractivity contribution in [2.45, 2.75) is 44.7 Å². The molecular weight excluding hydrogens is 502 g/mol. The van der Waals surface area contributed by atoms with Gasteiger partial charge in [0, 0.05) is 20.1 Å². The maximum atomic E-state index is 13.6. The summed E-state index contributed by atoms with van der Waals surface area (Å²) in [5.74, 6) is 0.206. The molecule has 0 saturated carbocycles. The Morgan fingerprint density at radius 2 is 1.63 bits per heavy atom. The highest BCUT2D eigenvalue weighted by atomic mass is 32.2. The normalized spacial score (nSPS) is 12.5. The maximum absolute atomic E-state index is 13.6. The van der Waals surface area contributed by atoms with Gasteiger partial charge in [0.2, 0.25) is 21.8 Å². The van der Waals surface area contributed by atoms with E-state index in [0.717, 1.165) is 20.6 Å². The van der Waals surface area contributed by atoms with Gasteiger partial charge in [-0.1, -0.05) is 63.2 Å². The van der Waals surface area contributed by atoms with Crippen LogP contribution in [0.2, 0.25) is 0 Å². The summed E-state index contributed by atoms with van der Waals surface area (Å²) in [7, 11) is -0.991. The van der Waals surface area contributed by atoms with E-state index in [1.807, 2.05) is 57.2 Å². The smallest absolute Gasteiger partial charge is 0.243 e. The molecular formula is C29H37N3O5S. The third-order valence-electron chi connectivity index (χ3n) is 6.37. The van der Waals surface area contributed by atoms with Crippen molar-refractivity contribution >= 4 is 32.6 Å². The Balaban J connectivity index is 1.87. The number of rotatable bonds is 12. The van der Waals surface area contributed by atoms with Crippen molar-refractivity contribution in [3.05, 3.63) is 72.3 Å². The number of nitrogens with one attached hydrogen (secondary N) is 1. The van der Waals surface area contributed by atoms with Crippen molar-refractivity contribution in [1.29, 1.82) is 0 Å². The molecule has 38 heavy (non-hydrogen) atoms. The van der Waals surface area contributed by atoms with Gasteiger partial charge in [-0.05, 0) is 52.9 Å². The van der Waals surface area contributed by atoms with Crippen LogP contribution in [0.3, 0.4) is 0 Å². The predicted octanol–water partition coefficient (Wildman–Crippen LogP) is 4.05. The summed E-state index contributed by atoms with van der Waals surface area (Å²) in [6, 6.07) is 18.9. The van der Waals surface area contributed by atoms with E-state index in [2.05, 4.69) is 5.32 Å². The van der Waals surface area contributed by atoms with Gasteiger partial charge in [-0.25, -0.2) is 8.42 Å². The molecule has 2 amide bonds. The average Bonchev–Trinajstić information content (AvgIpc) is 2.91. The molecule has 0 aliphatic carbocycles. The van der Waals surface area contributed by atoms with Crippen LogP contribution in [0, 0.1) is 5.92 Å². The van der Waals surface area contributed by atoms with Crippen LogP contribution in [0.25, 0.3) is 10.8 Å². The van der Waals surface area contributed by atoms with Crippen LogP contribution < -0.4 is 10.1 Å². The summed E-state index contributed by atoms with van der Waals surface area (Å²) in [5, 5.41) is 4.63. The third kappa shape index (κ3) is 7.11. The average molecular weight is 540 g/mol. The molecule has 3 aromatic rings. The van der Waals surface area contributed by atoms with Crippen LogP contribution in [0.1, 0.15) is 32.8 Å². The van der Waals surface area contributed by atoms with Gasteiger partial charge >= 0.3 is 0 Å². The first kappa shape index (κ1) is 29.1. The van der Waals surface area contributed by atoms with Crippen molar-refractivity contribution in [1.82, 2.24) is 14.5 Å². The molecule has 0 aliphatic rings. The van der Waals surface area contributed by atoms with Crippen molar-refractivity contribution in [2.75, 3.05) is 27.2 Å². The lowest BCUT2D eigenvalue weighted by Crippen LogP contribution is -2.52. The SMILES string of the molecule is CC[C@H](C(=O)NCC(C)C)N(Cc1ccc(OC)cc1)C(=O)CN(C)S(=O)(=O)c1ccc2ccccc2c1. The first-order chi connectivity index (χ1) is 18.1. The number of likely N-dealkylation sites (N-methyl/N-ethyl adjacent to an activating group) is 1. The van der Waals surface area contributed by atoms with E-state index in [-0.39, 0.29) is 23.3 Å². The second-order valence-corrected chi connectivity index (χ2v) is 11.7. The van der Waals surface area contributed by atoms with E-state index in [4.69, 9.17) is 4.74 Å². The topological polar surface area (TPSA) is 96.0 Å². The van der Waals surface area contributed by atoms with Crippen LogP contribution in [-0.2, 0) is 26.2 Å². The zero-order valence-corrected chi connectivity index (χ0v) is 23.5. The van der Waals surface area contributed by atoms with E-state index in [0.29, 0.717) is 18.7 Å². The lowest BCUT2D eigenvalue weighted by molar-refractivity contribution is -0.141. The summed E-state index contributed by atoms with van der Waals surface area (Å²) in [6.45, 7) is 6.06. The number of carbonyl (C=O) groups is 2. The highest BCUT2D eigenvalue weighted by Crippen LogP contribution is 2.22. The van der Waals surface area contributed by atoms with Gasteiger partial charge in [-0.2, -0.15) is 4.31 Å². The number of nitrogens with zero attached hydrogens (tertiary/aromatic N) is 2. The van der Waals surface area contributed by atoms with Gasteiger partial charge in [0.15, 0.2) is 0 Å². The zero-order chi connectivity index (χ0) is 27.9. The molecule has 1 atom stereocenters. The minimum absolute atomic E-state index is 0.106. The van der Waals surface area contributed by atoms with Crippen molar-refractivity contribution in [3.63, 3.8) is 0 Å². The molecule has 0 saturated heterocycles. The van der Waals surface area contributed by atoms with Gasteiger partial charge in [0.1, 0.15) is 11.8 Å². The van der Waals surface area contributed by atoms with Gasteiger partial charge in [0.05, 0.1) is 18.6 Å².